The minimum atomic E-state index is 0.783. The van der Waals surface area contributed by atoms with E-state index < -0.39 is 0 Å². The predicted molar refractivity (Wildman–Crippen MR) is 84.8 cm³/mol. The normalized spacial score (nSPS) is 22.6. The molecule has 114 valence electrons. The Hall–Kier alpha value is -0.120. The second-order valence-corrected chi connectivity index (χ2v) is 6.02. The molecule has 3 nitrogen and oxygen atoms in total. The fourth-order valence-electron chi connectivity index (χ4n) is 3.02. The highest BCUT2D eigenvalue weighted by atomic mass is 15.2. The van der Waals surface area contributed by atoms with E-state index in [-0.39, 0.29) is 0 Å². The topological polar surface area (TPSA) is 18.5 Å². The quantitative estimate of drug-likeness (QED) is 0.649. The van der Waals surface area contributed by atoms with Crippen LogP contribution in [0.4, 0.5) is 0 Å². The van der Waals surface area contributed by atoms with Crippen molar-refractivity contribution in [2.45, 2.75) is 58.4 Å². The Balaban J connectivity index is 2.12. The number of likely N-dealkylation sites (N-methyl/N-ethyl adjacent to an activating group) is 1. The molecular weight excluding hydrogens is 234 g/mol. The molecule has 0 bridgehead atoms. The van der Waals surface area contributed by atoms with Gasteiger partial charge in [0.15, 0.2) is 0 Å². The van der Waals surface area contributed by atoms with Gasteiger partial charge in [0.2, 0.25) is 0 Å². The van der Waals surface area contributed by atoms with Crippen LogP contribution in [-0.4, -0.2) is 62.2 Å². The van der Waals surface area contributed by atoms with Crippen molar-refractivity contribution in [2.24, 2.45) is 0 Å². The van der Waals surface area contributed by atoms with Crippen LogP contribution in [0, 0.1) is 0 Å². The number of nitrogens with zero attached hydrogens (tertiary/aromatic N) is 2. The number of hydrogen-bond donors (Lipinski definition) is 1. The molecule has 0 aromatic heterocycles. The fourth-order valence-corrected chi connectivity index (χ4v) is 3.02. The largest absolute Gasteiger partial charge is 0.317 e. The highest BCUT2D eigenvalue weighted by Gasteiger charge is 2.20. The number of nitrogens with one attached hydrogen (secondary N) is 1. The molecule has 1 rings (SSSR count). The molecule has 1 unspecified atom stereocenters. The monoisotopic (exact) mass is 269 g/mol. The molecule has 1 aliphatic rings. The van der Waals surface area contributed by atoms with Gasteiger partial charge in [-0.25, -0.2) is 0 Å². The summed E-state index contributed by atoms with van der Waals surface area (Å²) in [4.78, 5) is 5.24. The van der Waals surface area contributed by atoms with E-state index in [1.165, 1.54) is 77.8 Å². The molecule has 0 saturated carbocycles. The molecule has 1 aliphatic heterocycles. The third-order valence-electron chi connectivity index (χ3n) is 4.22. The molecule has 1 atom stereocenters. The number of unbranched alkanes of at least 4 members (excludes halogenated alkanes) is 2. The first-order valence-corrected chi connectivity index (χ1v) is 8.41. The number of hydrogen-bond acceptors (Lipinski definition) is 3. The molecule has 1 heterocycles. The maximum Gasteiger partial charge on any atom is 0.0220 e. The molecule has 0 aliphatic carbocycles. The van der Waals surface area contributed by atoms with E-state index >= 15 is 0 Å². The van der Waals surface area contributed by atoms with Gasteiger partial charge in [-0.1, -0.05) is 20.3 Å². The second kappa shape index (κ2) is 10.6. The van der Waals surface area contributed by atoms with E-state index in [1.807, 2.05) is 0 Å². The zero-order chi connectivity index (χ0) is 13.9. The molecule has 0 aromatic rings. The zero-order valence-electron chi connectivity index (χ0n) is 13.5. The van der Waals surface area contributed by atoms with Crippen LogP contribution in [-0.2, 0) is 0 Å². The Labute approximate surface area is 120 Å². The predicted octanol–water partition coefficient (Wildman–Crippen LogP) is 2.57. The van der Waals surface area contributed by atoms with Crippen molar-refractivity contribution in [3.63, 3.8) is 0 Å². The average Bonchev–Trinajstić information content (AvgIpc) is 2.59. The first-order chi connectivity index (χ1) is 9.27. The van der Waals surface area contributed by atoms with Crippen molar-refractivity contribution in [3.8, 4) is 0 Å². The minimum Gasteiger partial charge on any atom is -0.317 e. The van der Waals surface area contributed by atoms with Crippen molar-refractivity contribution in [2.75, 3.05) is 46.3 Å². The van der Waals surface area contributed by atoms with Crippen molar-refractivity contribution in [1.82, 2.24) is 15.1 Å². The molecule has 0 spiro atoms. The molecule has 3 heteroatoms. The highest BCUT2D eigenvalue weighted by molar-refractivity contribution is 4.77. The average molecular weight is 269 g/mol. The molecular formula is C16H35N3. The summed E-state index contributed by atoms with van der Waals surface area (Å²) in [7, 11) is 2.27. The molecule has 1 fully saturated rings. The summed E-state index contributed by atoms with van der Waals surface area (Å²) in [5, 5.41) is 3.49. The number of rotatable bonds is 9. The molecule has 1 N–H and O–H groups in total. The maximum absolute atomic E-state index is 3.49. The maximum atomic E-state index is 3.49. The Kier molecular flexibility index (Phi) is 9.48. The SMILES string of the molecule is CCCNCCCCCN1CCCN(C)CC1CC. The summed E-state index contributed by atoms with van der Waals surface area (Å²) in [6.45, 7) is 12.1. The van der Waals surface area contributed by atoms with E-state index in [9.17, 15) is 0 Å². The van der Waals surface area contributed by atoms with Crippen LogP contribution in [0.5, 0.6) is 0 Å². The van der Waals surface area contributed by atoms with Gasteiger partial charge in [-0.3, -0.25) is 4.90 Å². The lowest BCUT2D eigenvalue weighted by Gasteiger charge is -2.30. The molecule has 19 heavy (non-hydrogen) atoms. The van der Waals surface area contributed by atoms with Gasteiger partial charge in [0.05, 0.1) is 0 Å². The van der Waals surface area contributed by atoms with Crippen LogP contribution in [0.1, 0.15) is 52.4 Å². The van der Waals surface area contributed by atoms with Gasteiger partial charge in [-0.2, -0.15) is 0 Å². The van der Waals surface area contributed by atoms with Crippen molar-refractivity contribution < 1.29 is 0 Å². The van der Waals surface area contributed by atoms with E-state index in [0.717, 1.165) is 6.04 Å². The first-order valence-electron chi connectivity index (χ1n) is 8.41. The standard InChI is InChI=1S/C16H35N3/c1-4-10-17-11-7-6-8-13-19-14-9-12-18(3)15-16(19)5-2/h16-17H,4-15H2,1-3H3. The van der Waals surface area contributed by atoms with E-state index in [0.29, 0.717) is 0 Å². The Morgan fingerprint density at radius 3 is 2.63 bits per heavy atom. The van der Waals surface area contributed by atoms with Crippen LogP contribution >= 0.6 is 0 Å². The van der Waals surface area contributed by atoms with E-state index in [2.05, 4.69) is 36.0 Å². The molecule has 0 amide bonds. The molecule has 0 radical (unpaired) electrons. The summed E-state index contributed by atoms with van der Waals surface area (Å²) in [6.07, 6.45) is 7.96. The summed E-state index contributed by atoms with van der Waals surface area (Å²) in [5.74, 6) is 0. The Morgan fingerprint density at radius 1 is 1.05 bits per heavy atom. The third-order valence-corrected chi connectivity index (χ3v) is 4.22. The summed E-state index contributed by atoms with van der Waals surface area (Å²) in [5.41, 5.74) is 0. The van der Waals surface area contributed by atoms with Crippen LogP contribution in [0.15, 0.2) is 0 Å². The van der Waals surface area contributed by atoms with Gasteiger partial charge < -0.3 is 10.2 Å². The van der Waals surface area contributed by atoms with Gasteiger partial charge in [0.25, 0.3) is 0 Å². The van der Waals surface area contributed by atoms with Crippen molar-refractivity contribution >= 4 is 0 Å². The molecule has 0 aromatic carbocycles. The van der Waals surface area contributed by atoms with Crippen LogP contribution < -0.4 is 5.32 Å². The smallest absolute Gasteiger partial charge is 0.0220 e. The van der Waals surface area contributed by atoms with Gasteiger partial charge in [0.1, 0.15) is 0 Å². The first kappa shape index (κ1) is 16.9. The van der Waals surface area contributed by atoms with Gasteiger partial charge in [0, 0.05) is 12.6 Å². The second-order valence-electron chi connectivity index (χ2n) is 6.02. The van der Waals surface area contributed by atoms with Crippen molar-refractivity contribution in [3.05, 3.63) is 0 Å². The zero-order valence-corrected chi connectivity index (χ0v) is 13.5. The van der Waals surface area contributed by atoms with Crippen molar-refractivity contribution in [1.29, 1.82) is 0 Å². The molecule has 1 saturated heterocycles. The van der Waals surface area contributed by atoms with Gasteiger partial charge in [-0.15, -0.1) is 0 Å². The Morgan fingerprint density at radius 2 is 1.89 bits per heavy atom. The summed E-state index contributed by atoms with van der Waals surface area (Å²) in [6, 6.07) is 0.783. The summed E-state index contributed by atoms with van der Waals surface area (Å²) < 4.78 is 0. The lowest BCUT2D eigenvalue weighted by molar-refractivity contribution is 0.180. The van der Waals surface area contributed by atoms with Gasteiger partial charge >= 0.3 is 0 Å². The third kappa shape index (κ3) is 7.28. The van der Waals surface area contributed by atoms with Gasteiger partial charge in [-0.05, 0) is 71.9 Å². The van der Waals surface area contributed by atoms with Crippen LogP contribution in [0.3, 0.4) is 0 Å². The van der Waals surface area contributed by atoms with Crippen LogP contribution in [0.2, 0.25) is 0 Å². The van der Waals surface area contributed by atoms with E-state index in [1.54, 1.807) is 0 Å². The van der Waals surface area contributed by atoms with Crippen LogP contribution in [0.25, 0.3) is 0 Å². The summed E-state index contributed by atoms with van der Waals surface area (Å²) >= 11 is 0. The minimum absolute atomic E-state index is 0.783. The Bertz CT molecular complexity index is 208. The lowest BCUT2D eigenvalue weighted by atomic mass is 10.1. The fraction of sp³-hybridized carbons (Fsp3) is 1.00. The lowest BCUT2D eigenvalue weighted by Crippen LogP contribution is -2.40. The highest BCUT2D eigenvalue weighted by Crippen LogP contribution is 2.13. The van der Waals surface area contributed by atoms with E-state index in [4.69, 9.17) is 0 Å².